The monoisotopic (exact) mass is 358 g/mol. The Morgan fingerprint density at radius 3 is 2.52 bits per heavy atom. The molecule has 0 unspecified atom stereocenters. The number of sulfonamides is 1. The van der Waals surface area contributed by atoms with E-state index in [-0.39, 0.29) is 16.8 Å². The highest BCUT2D eigenvalue weighted by molar-refractivity contribution is 7.89. The standard InChI is InChI=1S/C19H22N2O3S/c1-14-11-17-12-18(9-10-19(17)21(14)15(2)22)25(23,24)20(3)13-16-7-5-4-6-8-16/h4-10,12,14H,11,13H2,1-3H3/t14-/m0/s1. The molecule has 5 nitrogen and oxygen atoms in total. The molecule has 0 aliphatic carbocycles. The first kappa shape index (κ1) is 17.6. The van der Waals surface area contributed by atoms with E-state index in [1.165, 1.54) is 11.2 Å². The molecule has 2 aromatic carbocycles. The van der Waals surface area contributed by atoms with E-state index in [1.807, 2.05) is 37.3 Å². The summed E-state index contributed by atoms with van der Waals surface area (Å²) in [6.07, 6.45) is 0.667. The van der Waals surface area contributed by atoms with Crippen LogP contribution in [-0.4, -0.2) is 31.7 Å². The molecule has 0 saturated heterocycles. The molecular weight excluding hydrogens is 336 g/mol. The summed E-state index contributed by atoms with van der Waals surface area (Å²) in [5, 5.41) is 0. The maximum Gasteiger partial charge on any atom is 0.243 e. The van der Waals surface area contributed by atoms with Gasteiger partial charge in [-0.05, 0) is 42.7 Å². The summed E-state index contributed by atoms with van der Waals surface area (Å²) < 4.78 is 27.1. The second kappa shape index (κ2) is 6.61. The van der Waals surface area contributed by atoms with Crippen molar-refractivity contribution in [2.75, 3.05) is 11.9 Å². The Bertz CT molecular complexity index is 894. The van der Waals surface area contributed by atoms with Gasteiger partial charge in [0, 0.05) is 32.2 Å². The molecule has 6 heteroatoms. The molecule has 0 fully saturated rings. The Morgan fingerprint density at radius 1 is 1.20 bits per heavy atom. The highest BCUT2D eigenvalue weighted by Gasteiger charge is 2.31. The number of rotatable bonds is 4. The minimum Gasteiger partial charge on any atom is -0.309 e. The third-order valence-corrected chi connectivity index (χ3v) is 6.36. The fourth-order valence-corrected chi connectivity index (χ4v) is 4.56. The molecular formula is C19H22N2O3S. The van der Waals surface area contributed by atoms with Crippen LogP contribution in [0.5, 0.6) is 0 Å². The van der Waals surface area contributed by atoms with Gasteiger partial charge in [0.25, 0.3) is 0 Å². The number of benzene rings is 2. The molecule has 2 aromatic rings. The smallest absolute Gasteiger partial charge is 0.243 e. The molecule has 3 rings (SSSR count). The van der Waals surface area contributed by atoms with Gasteiger partial charge in [0.15, 0.2) is 0 Å². The van der Waals surface area contributed by atoms with E-state index in [2.05, 4.69) is 0 Å². The van der Waals surface area contributed by atoms with Crippen LogP contribution in [0.1, 0.15) is 25.0 Å². The quantitative estimate of drug-likeness (QED) is 0.844. The van der Waals surface area contributed by atoms with E-state index in [0.29, 0.717) is 13.0 Å². The zero-order valence-corrected chi connectivity index (χ0v) is 15.5. The van der Waals surface area contributed by atoms with E-state index >= 15 is 0 Å². The van der Waals surface area contributed by atoms with Crippen molar-refractivity contribution in [2.45, 2.75) is 37.8 Å². The lowest BCUT2D eigenvalue weighted by atomic mass is 10.1. The van der Waals surface area contributed by atoms with Crippen LogP contribution in [0.15, 0.2) is 53.4 Å². The van der Waals surface area contributed by atoms with Crippen LogP contribution in [0.2, 0.25) is 0 Å². The Balaban J connectivity index is 1.89. The van der Waals surface area contributed by atoms with E-state index < -0.39 is 10.0 Å². The van der Waals surface area contributed by atoms with Gasteiger partial charge in [-0.25, -0.2) is 8.42 Å². The summed E-state index contributed by atoms with van der Waals surface area (Å²) in [5.41, 5.74) is 2.65. The number of hydrogen-bond donors (Lipinski definition) is 0. The summed E-state index contributed by atoms with van der Waals surface area (Å²) >= 11 is 0. The van der Waals surface area contributed by atoms with Gasteiger partial charge in [0.2, 0.25) is 15.9 Å². The van der Waals surface area contributed by atoms with Gasteiger partial charge in [0.1, 0.15) is 0 Å². The lowest BCUT2D eigenvalue weighted by molar-refractivity contribution is -0.116. The predicted octanol–water partition coefficient (Wildman–Crippen LogP) is 2.80. The lowest BCUT2D eigenvalue weighted by Crippen LogP contribution is -2.33. The zero-order chi connectivity index (χ0) is 18.2. The molecule has 1 aliphatic heterocycles. The number of carbonyl (C=O) groups excluding carboxylic acids is 1. The normalized spacial score (nSPS) is 17.0. The Kier molecular flexibility index (Phi) is 4.67. The predicted molar refractivity (Wildman–Crippen MR) is 97.9 cm³/mol. The summed E-state index contributed by atoms with van der Waals surface area (Å²) in [4.78, 5) is 13.8. The van der Waals surface area contributed by atoms with Crippen molar-refractivity contribution in [1.82, 2.24) is 4.31 Å². The largest absolute Gasteiger partial charge is 0.309 e. The van der Waals surface area contributed by atoms with Crippen LogP contribution in [0.4, 0.5) is 5.69 Å². The highest BCUT2D eigenvalue weighted by atomic mass is 32.2. The Morgan fingerprint density at radius 2 is 1.88 bits per heavy atom. The van der Waals surface area contributed by atoms with Gasteiger partial charge in [-0.1, -0.05) is 30.3 Å². The van der Waals surface area contributed by atoms with Crippen LogP contribution in [0.3, 0.4) is 0 Å². The number of carbonyl (C=O) groups is 1. The minimum atomic E-state index is -3.58. The van der Waals surface area contributed by atoms with Crippen LogP contribution in [-0.2, 0) is 27.8 Å². The highest BCUT2D eigenvalue weighted by Crippen LogP contribution is 2.34. The first-order valence-corrected chi connectivity index (χ1v) is 9.67. The van der Waals surface area contributed by atoms with Gasteiger partial charge in [0.05, 0.1) is 4.90 Å². The lowest BCUT2D eigenvalue weighted by Gasteiger charge is -2.21. The molecule has 1 atom stereocenters. The van der Waals surface area contributed by atoms with Gasteiger partial charge in [-0.3, -0.25) is 4.79 Å². The molecule has 132 valence electrons. The maximum atomic E-state index is 12.9. The van der Waals surface area contributed by atoms with E-state index in [0.717, 1.165) is 16.8 Å². The van der Waals surface area contributed by atoms with Gasteiger partial charge >= 0.3 is 0 Å². The van der Waals surface area contributed by atoms with Gasteiger partial charge in [-0.15, -0.1) is 0 Å². The second-order valence-corrected chi connectivity index (χ2v) is 8.52. The molecule has 0 spiro atoms. The number of anilines is 1. The van der Waals surface area contributed by atoms with E-state index in [1.54, 1.807) is 30.1 Å². The van der Waals surface area contributed by atoms with Gasteiger partial charge < -0.3 is 4.90 Å². The molecule has 1 aliphatic rings. The summed E-state index contributed by atoms with van der Waals surface area (Å²) in [7, 11) is -2.00. The zero-order valence-electron chi connectivity index (χ0n) is 14.6. The third-order valence-electron chi connectivity index (χ3n) is 4.56. The molecule has 25 heavy (non-hydrogen) atoms. The topological polar surface area (TPSA) is 57.7 Å². The fourth-order valence-electron chi connectivity index (χ4n) is 3.35. The molecule has 1 amide bonds. The van der Waals surface area contributed by atoms with Crippen molar-refractivity contribution in [3.8, 4) is 0 Å². The van der Waals surface area contributed by atoms with E-state index in [4.69, 9.17) is 0 Å². The molecule has 0 N–H and O–H groups in total. The maximum absolute atomic E-state index is 12.9. The van der Waals surface area contributed by atoms with Crippen molar-refractivity contribution in [3.05, 3.63) is 59.7 Å². The Labute approximate surface area is 148 Å². The first-order chi connectivity index (χ1) is 11.8. The molecule has 0 bridgehead atoms. The van der Waals surface area contributed by atoms with Crippen molar-refractivity contribution < 1.29 is 13.2 Å². The van der Waals surface area contributed by atoms with Crippen LogP contribution in [0, 0.1) is 0 Å². The van der Waals surface area contributed by atoms with Crippen molar-refractivity contribution in [2.24, 2.45) is 0 Å². The summed E-state index contributed by atoms with van der Waals surface area (Å²) in [6, 6.07) is 14.6. The Hall–Kier alpha value is -2.18. The summed E-state index contributed by atoms with van der Waals surface area (Å²) in [6.45, 7) is 3.82. The molecule has 0 saturated carbocycles. The number of amides is 1. The molecule has 0 radical (unpaired) electrons. The van der Waals surface area contributed by atoms with Crippen LogP contribution in [0.25, 0.3) is 0 Å². The molecule has 1 heterocycles. The minimum absolute atomic E-state index is 0.0250. The average molecular weight is 358 g/mol. The van der Waals surface area contributed by atoms with Crippen LogP contribution >= 0.6 is 0 Å². The number of hydrogen-bond acceptors (Lipinski definition) is 3. The number of fused-ring (bicyclic) bond motifs is 1. The fraction of sp³-hybridized carbons (Fsp3) is 0.316. The SMILES string of the molecule is CC(=O)N1c2ccc(S(=O)(=O)N(C)Cc3ccccc3)cc2C[C@@H]1C. The van der Waals surface area contributed by atoms with Crippen molar-refractivity contribution in [1.29, 1.82) is 0 Å². The molecule has 0 aromatic heterocycles. The van der Waals surface area contributed by atoms with Gasteiger partial charge in [-0.2, -0.15) is 4.31 Å². The van der Waals surface area contributed by atoms with Crippen LogP contribution < -0.4 is 4.90 Å². The third kappa shape index (κ3) is 3.32. The van der Waals surface area contributed by atoms with Crippen molar-refractivity contribution in [3.63, 3.8) is 0 Å². The summed E-state index contributed by atoms with van der Waals surface area (Å²) in [5.74, 6) is -0.0250. The second-order valence-electron chi connectivity index (χ2n) is 6.48. The van der Waals surface area contributed by atoms with E-state index in [9.17, 15) is 13.2 Å². The average Bonchev–Trinajstić information content (AvgIpc) is 2.90. The first-order valence-electron chi connectivity index (χ1n) is 8.23. The number of nitrogens with zero attached hydrogens (tertiary/aromatic N) is 2. The van der Waals surface area contributed by atoms with Crippen molar-refractivity contribution >= 4 is 21.6 Å².